The number of nitro benzene ring substituents is 1. The molecule has 2 aromatic carbocycles. The minimum Gasteiger partial charge on any atom is -0.324 e. The van der Waals surface area contributed by atoms with Gasteiger partial charge in [0.25, 0.3) is 11.2 Å². The molecule has 9 heteroatoms. The number of thiophene rings is 1. The summed E-state index contributed by atoms with van der Waals surface area (Å²) >= 11 is 1.31. The van der Waals surface area contributed by atoms with Gasteiger partial charge in [0.1, 0.15) is 10.9 Å². The maximum atomic E-state index is 13.3. The SMILES string of the molecule is Cc1ccc(NC(=O)C(C)n2cnc3scc(-c4ccc([N+](=O)[O-])cc4)c3c2=O)c(C)c1. The third kappa shape index (κ3) is 3.90. The number of carbonyl (C=O) groups excluding carboxylic acids is 1. The van der Waals surface area contributed by atoms with Gasteiger partial charge in [0.2, 0.25) is 5.91 Å². The molecule has 1 unspecified atom stereocenters. The van der Waals surface area contributed by atoms with Crippen LogP contribution in [0.25, 0.3) is 21.3 Å². The summed E-state index contributed by atoms with van der Waals surface area (Å²) < 4.78 is 1.31. The fraction of sp³-hybridized carbons (Fsp3) is 0.174. The molecule has 1 N–H and O–H groups in total. The summed E-state index contributed by atoms with van der Waals surface area (Å²) in [5.74, 6) is -0.327. The third-order valence-electron chi connectivity index (χ3n) is 5.34. The number of anilines is 1. The summed E-state index contributed by atoms with van der Waals surface area (Å²) in [5.41, 5.74) is 3.66. The highest BCUT2D eigenvalue weighted by atomic mass is 32.1. The van der Waals surface area contributed by atoms with E-state index in [1.807, 2.05) is 32.0 Å². The van der Waals surface area contributed by atoms with Crippen molar-refractivity contribution in [3.63, 3.8) is 0 Å². The van der Waals surface area contributed by atoms with Gasteiger partial charge in [0.05, 0.1) is 16.6 Å². The molecule has 0 aliphatic heterocycles. The van der Waals surface area contributed by atoms with Crippen molar-refractivity contribution in [2.75, 3.05) is 5.32 Å². The first-order valence-corrected chi connectivity index (χ1v) is 10.8. The van der Waals surface area contributed by atoms with Crippen molar-refractivity contribution < 1.29 is 9.72 Å². The van der Waals surface area contributed by atoms with Crippen molar-refractivity contribution in [1.29, 1.82) is 0 Å². The number of benzene rings is 2. The molecule has 0 aliphatic rings. The lowest BCUT2D eigenvalue weighted by atomic mass is 10.1. The van der Waals surface area contributed by atoms with Crippen LogP contribution in [-0.4, -0.2) is 20.4 Å². The van der Waals surface area contributed by atoms with E-state index in [2.05, 4.69) is 10.3 Å². The van der Waals surface area contributed by atoms with Crippen molar-refractivity contribution in [2.24, 2.45) is 0 Å². The second-order valence-corrected chi connectivity index (χ2v) is 8.43. The van der Waals surface area contributed by atoms with E-state index in [1.165, 1.54) is 34.4 Å². The summed E-state index contributed by atoms with van der Waals surface area (Å²) in [6.45, 7) is 5.53. The van der Waals surface area contributed by atoms with Gasteiger partial charge in [-0.3, -0.25) is 24.3 Å². The quantitative estimate of drug-likeness (QED) is 0.347. The summed E-state index contributed by atoms with van der Waals surface area (Å²) in [7, 11) is 0. The molecule has 0 fully saturated rings. The molecule has 8 nitrogen and oxygen atoms in total. The highest BCUT2D eigenvalue weighted by Crippen LogP contribution is 2.32. The van der Waals surface area contributed by atoms with Crippen molar-refractivity contribution in [3.8, 4) is 11.1 Å². The average molecular weight is 449 g/mol. The molecular weight excluding hydrogens is 428 g/mol. The predicted octanol–water partition coefficient (Wildman–Crippen LogP) is 4.85. The number of nitrogens with zero attached hydrogens (tertiary/aromatic N) is 3. The zero-order valence-corrected chi connectivity index (χ0v) is 18.5. The van der Waals surface area contributed by atoms with E-state index in [4.69, 9.17) is 0 Å². The molecule has 0 spiro atoms. The van der Waals surface area contributed by atoms with Gasteiger partial charge in [0, 0.05) is 28.8 Å². The van der Waals surface area contributed by atoms with E-state index in [9.17, 15) is 19.7 Å². The standard InChI is InChI=1S/C23H20N4O4S/c1-13-4-9-19(14(2)10-13)25-21(28)15(3)26-12-24-22-20(23(26)29)18(11-32-22)16-5-7-17(8-6-16)27(30)31/h4-12,15H,1-3H3,(H,25,28). The maximum Gasteiger partial charge on any atom is 0.269 e. The summed E-state index contributed by atoms with van der Waals surface area (Å²) in [5, 5.41) is 16.0. The number of aryl methyl sites for hydroxylation is 2. The Morgan fingerprint density at radius 1 is 1.19 bits per heavy atom. The number of amides is 1. The Morgan fingerprint density at radius 3 is 2.56 bits per heavy atom. The van der Waals surface area contributed by atoms with Crippen molar-refractivity contribution in [1.82, 2.24) is 9.55 Å². The first-order valence-electron chi connectivity index (χ1n) is 9.87. The van der Waals surface area contributed by atoms with Gasteiger partial charge < -0.3 is 5.32 Å². The van der Waals surface area contributed by atoms with Crippen LogP contribution in [0.5, 0.6) is 0 Å². The minimum atomic E-state index is -0.787. The molecule has 0 saturated carbocycles. The van der Waals surface area contributed by atoms with Crippen LogP contribution >= 0.6 is 11.3 Å². The van der Waals surface area contributed by atoms with E-state index < -0.39 is 11.0 Å². The third-order valence-corrected chi connectivity index (χ3v) is 6.23. The maximum absolute atomic E-state index is 13.3. The lowest BCUT2D eigenvalue weighted by Crippen LogP contribution is -2.31. The van der Waals surface area contributed by atoms with E-state index in [-0.39, 0.29) is 17.2 Å². The fourth-order valence-electron chi connectivity index (χ4n) is 3.51. The molecule has 2 aromatic heterocycles. The van der Waals surface area contributed by atoms with E-state index >= 15 is 0 Å². The number of hydrogen-bond acceptors (Lipinski definition) is 6. The van der Waals surface area contributed by atoms with E-state index in [0.29, 0.717) is 27.0 Å². The van der Waals surface area contributed by atoms with Gasteiger partial charge in [-0.1, -0.05) is 17.7 Å². The number of carbonyl (C=O) groups is 1. The van der Waals surface area contributed by atoms with E-state index in [1.54, 1.807) is 24.4 Å². The zero-order chi connectivity index (χ0) is 23.0. The van der Waals surface area contributed by atoms with Crippen LogP contribution in [0, 0.1) is 24.0 Å². The molecule has 4 aromatic rings. The normalized spacial score (nSPS) is 12.0. The van der Waals surface area contributed by atoms with Crippen LogP contribution in [-0.2, 0) is 4.79 Å². The molecular formula is C23H20N4O4S. The van der Waals surface area contributed by atoms with Crippen LogP contribution in [0.2, 0.25) is 0 Å². The van der Waals surface area contributed by atoms with Gasteiger partial charge in [-0.25, -0.2) is 4.98 Å². The number of nitro groups is 1. The van der Waals surface area contributed by atoms with Gasteiger partial charge in [-0.15, -0.1) is 11.3 Å². The van der Waals surface area contributed by atoms with Gasteiger partial charge >= 0.3 is 0 Å². The number of rotatable bonds is 5. The lowest BCUT2D eigenvalue weighted by Gasteiger charge is -2.16. The number of non-ortho nitro benzene ring substituents is 1. The fourth-order valence-corrected chi connectivity index (χ4v) is 4.42. The lowest BCUT2D eigenvalue weighted by molar-refractivity contribution is -0.384. The Hall–Kier alpha value is -3.85. The van der Waals surface area contributed by atoms with Gasteiger partial charge in [-0.05, 0) is 50.1 Å². The molecule has 4 rings (SSSR count). The predicted molar refractivity (Wildman–Crippen MR) is 125 cm³/mol. The number of hydrogen-bond donors (Lipinski definition) is 1. The first-order chi connectivity index (χ1) is 15.3. The number of aromatic nitrogens is 2. The molecule has 162 valence electrons. The van der Waals surface area contributed by atoms with Crippen LogP contribution < -0.4 is 10.9 Å². The number of nitrogens with one attached hydrogen (secondary N) is 1. The smallest absolute Gasteiger partial charge is 0.269 e. The molecule has 0 saturated heterocycles. The highest BCUT2D eigenvalue weighted by Gasteiger charge is 2.21. The van der Waals surface area contributed by atoms with Crippen LogP contribution in [0.3, 0.4) is 0 Å². The Bertz CT molecular complexity index is 1410. The Balaban J connectivity index is 1.70. The Morgan fingerprint density at radius 2 is 1.91 bits per heavy atom. The van der Waals surface area contributed by atoms with Gasteiger partial charge in [0.15, 0.2) is 0 Å². The van der Waals surface area contributed by atoms with E-state index in [0.717, 1.165) is 11.1 Å². The first kappa shape index (κ1) is 21.4. The molecule has 1 atom stereocenters. The second kappa shape index (κ2) is 8.35. The molecule has 0 radical (unpaired) electrons. The molecule has 1 amide bonds. The van der Waals surface area contributed by atoms with Crippen LogP contribution in [0.15, 0.2) is 59.0 Å². The summed E-state index contributed by atoms with van der Waals surface area (Å²) in [6.07, 6.45) is 1.38. The Kier molecular flexibility index (Phi) is 5.58. The number of fused-ring (bicyclic) bond motifs is 1. The average Bonchev–Trinajstić information content (AvgIpc) is 3.20. The summed E-state index contributed by atoms with van der Waals surface area (Å²) in [6, 6.07) is 10.9. The van der Waals surface area contributed by atoms with Crippen LogP contribution in [0.4, 0.5) is 11.4 Å². The molecule has 32 heavy (non-hydrogen) atoms. The van der Waals surface area contributed by atoms with Crippen molar-refractivity contribution in [3.05, 3.63) is 85.8 Å². The molecule has 0 bridgehead atoms. The zero-order valence-electron chi connectivity index (χ0n) is 17.7. The largest absolute Gasteiger partial charge is 0.324 e. The van der Waals surface area contributed by atoms with Crippen molar-refractivity contribution >= 4 is 38.8 Å². The van der Waals surface area contributed by atoms with Crippen LogP contribution in [0.1, 0.15) is 24.1 Å². The summed E-state index contributed by atoms with van der Waals surface area (Å²) in [4.78, 5) is 41.5. The second-order valence-electron chi connectivity index (χ2n) is 7.57. The minimum absolute atomic E-state index is 0.0273. The van der Waals surface area contributed by atoms with Gasteiger partial charge in [-0.2, -0.15) is 0 Å². The topological polar surface area (TPSA) is 107 Å². The Labute approximate surface area is 187 Å². The van der Waals surface area contributed by atoms with Crippen molar-refractivity contribution in [2.45, 2.75) is 26.8 Å². The monoisotopic (exact) mass is 448 g/mol. The molecule has 0 aliphatic carbocycles. The molecule has 2 heterocycles. The highest BCUT2D eigenvalue weighted by molar-refractivity contribution is 7.17.